The Morgan fingerprint density at radius 1 is 1.12 bits per heavy atom. The predicted molar refractivity (Wildman–Crippen MR) is 116 cm³/mol. The van der Waals surface area contributed by atoms with Crippen molar-refractivity contribution >= 4 is 35.1 Å². The van der Waals surface area contributed by atoms with Crippen LogP contribution in [0.2, 0.25) is 0 Å². The molecule has 1 atom stereocenters. The summed E-state index contributed by atoms with van der Waals surface area (Å²) in [6.45, 7) is 2.97. The SMILES string of the molecule is Cc1cccc(C)c1NC(=O)COC(=O)[C@@H]1CC(=O)N(NC(=O)c2ccccc2[N+](=O)[O-])C1. The first kappa shape index (κ1) is 23.4. The minimum absolute atomic E-state index is 0.178. The smallest absolute Gasteiger partial charge is 0.311 e. The predicted octanol–water partition coefficient (Wildman–Crippen LogP) is 1.89. The van der Waals surface area contributed by atoms with E-state index in [0.29, 0.717) is 5.69 Å². The van der Waals surface area contributed by atoms with E-state index in [0.717, 1.165) is 16.1 Å². The molecule has 2 aromatic carbocycles. The van der Waals surface area contributed by atoms with Crippen LogP contribution in [0.25, 0.3) is 0 Å². The summed E-state index contributed by atoms with van der Waals surface area (Å²) in [4.78, 5) is 59.5. The Morgan fingerprint density at radius 3 is 2.45 bits per heavy atom. The Balaban J connectivity index is 1.54. The zero-order chi connectivity index (χ0) is 24.1. The Morgan fingerprint density at radius 2 is 1.79 bits per heavy atom. The van der Waals surface area contributed by atoms with E-state index >= 15 is 0 Å². The van der Waals surface area contributed by atoms with E-state index in [4.69, 9.17) is 4.74 Å². The summed E-state index contributed by atoms with van der Waals surface area (Å²) in [6.07, 6.45) is -0.228. The number of carbonyl (C=O) groups is 4. The van der Waals surface area contributed by atoms with Gasteiger partial charge in [-0.3, -0.25) is 39.7 Å². The molecule has 3 rings (SSSR count). The van der Waals surface area contributed by atoms with Crippen LogP contribution in [0.3, 0.4) is 0 Å². The minimum atomic E-state index is -0.892. The number of anilines is 1. The van der Waals surface area contributed by atoms with Crippen molar-refractivity contribution in [2.45, 2.75) is 20.3 Å². The second-order valence-electron chi connectivity index (χ2n) is 7.54. The number of nitro groups is 1. The molecule has 2 aromatic rings. The Kier molecular flexibility index (Phi) is 7.01. The Bertz CT molecular complexity index is 1110. The maximum Gasteiger partial charge on any atom is 0.311 e. The second kappa shape index (κ2) is 9.90. The number of amides is 3. The van der Waals surface area contributed by atoms with Gasteiger partial charge >= 0.3 is 5.97 Å². The molecule has 0 aliphatic carbocycles. The zero-order valence-electron chi connectivity index (χ0n) is 18.0. The lowest BCUT2D eigenvalue weighted by Crippen LogP contribution is -2.43. The summed E-state index contributed by atoms with van der Waals surface area (Å²) in [5.74, 6) is -3.58. The van der Waals surface area contributed by atoms with Gasteiger partial charge < -0.3 is 10.1 Å². The molecule has 0 radical (unpaired) electrons. The molecule has 1 heterocycles. The number of rotatable bonds is 7. The lowest BCUT2D eigenvalue weighted by molar-refractivity contribution is -0.385. The fourth-order valence-corrected chi connectivity index (χ4v) is 3.42. The first-order valence-corrected chi connectivity index (χ1v) is 10.0. The molecule has 0 bridgehead atoms. The molecule has 3 amide bonds. The highest BCUT2D eigenvalue weighted by Gasteiger charge is 2.37. The van der Waals surface area contributed by atoms with Crippen LogP contribution in [0, 0.1) is 29.9 Å². The van der Waals surface area contributed by atoms with Gasteiger partial charge in [-0.25, -0.2) is 0 Å². The highest BCUT2D eigenvalue weighted by molar-refractivity contribution is 5.99. The highest BCUT2D eigenvalue weighted by Crippen LogP contribution is 2.21. The molecule has 1 fully saturated rings. The van der Waals surface area contributed by atoms with E-state index < -0.39 is 46.8 Å². The van der Waals surface area contributed by atoms with Crippen molar-refractivity contribution in [3.63, 3.8) is 0 Å². The number of nitrogens with one attached hydrogen (secondary N) is 2. The molecule has 172 valence electrons. The molecular weight excluding hydrogens is 432 g/mol. The first-order valence-electron chi connectivity index (χ1n) is 10.0. The molecule has 2 N–H and O–H groups in total. The van der Waals surface area contributed by atoms with Gasteiger partial charge in [-0.1, -0.05) is 30.3 Å². The van der Waals surface area contributed by atoms with Gasteiger partial charge in [0.05, 0.1) is 17.4 Å². The molecule has 1 saturated heterocycles. The van der Waals surface area contributed by atoms with Crippen molar-refractivity contribution in [2.75, 3.05) is 18.5 Å². The van der Waals surface area contributed by atoms with E-state index in [1.807, 2.05) is 32.0 Å². The summed E-state index contributed by atoms with van der Waals surface area (Å²) in [5.41, 5.74) is 4.02. The van der Waals surface area contributed by atoms with Crippen LogP contribution in [0.15, 0.2) is 42.5 Å². The van der Waals surface area contributed by atoms with Gasteiger partial charge in [-0.05, 0) is 31.0 Å². The summed E-state index contributed by atoms with van der Waals surface area (Å²) < 4.78 is 5.04. The van der Waals surface area contributed by atoms with E-state index in [1.165, 1.54) is 24.3 Å². The summed E-state index contributed by atoms with van der Waals surface area (Å²) in [7, 11) is 0. The number of hydrogen-bond donors (Lipinski definition) is 2. The lowest BCUT2D eigenvalue weighted by atomic mass is 10.1. The number of hydrazine groups is 1. The van der Waals surface area contributed by atoms with Crippen LogP contribution < -0.4 is 10.7 Å². The third-order valence-electron chi connectivity index (χ3n) is 5.13. The van der Waals surface area contributed by atoms with Gasteiger partial charge in [0, 0.05) is 18.2 Å². The van der Waals surface area contributed by atoms with Crippen LogP contribution in [0.1, 0.15) is 27.9 Å². The number of para-hydroxylation sites is 2. The molecule has 33 heavy (non-hydrogen) atoms. The number of esters is 1. The summed E-state index contributed by atoms with van der Waals surface area (Å²) in [5, 5.41) is 14.7. The van der Waals surface area contributed by atoms with E-state index in [9.17, 15) is 29.3 Å². The molecular formula is C22H22N4O7. The summed E-state index contributed by atoms with van der Waals surface area (Å²) in [6, 6.07) is 10.8. The zero-order valence-corrected chi connectivity index (χ0v) is 18.0. The van der Waals surface area contributed by atoms with Crippen LogP contribution >= 0.6 is 0 Å². The largest absolute Gasteiger partial charge is 0.455 e. The number of nitrogens with zero attached hydrogens (tertiary/aromatic N) is 2. The Labute approximate surface area is 188 Å². The maximum atomic E-state index is 12.4. The van der Waals surface area contributed by atoms with Crippen molar-refractivity contribution in [3.8, 4) is 0 Å². The van der Waals surface area contributed by atoms with Crippen molar-refractivity contribution in [2.24, 2.45) is 5.92 Å². The number of ether oxygens (including phenoxy) is 1. The van der Waals surface area contributed by atoms with Crippen LogP contribution in [0.4, 0.5) is 11.4 Å². The normalized spacial score (nSPS) is 15.2. The van der Waals surface area contributed by atoms with Gasteiger partial charge in [0.2, 0.25) is 5.91 Å². The van der Waals surface area contributed by atoms with Crippen molar-refractivity contribution in [1.82, 2.24) is 10.4 Å². The average Bonchev–Trinajstić information content (AvgIpc) is 3.14. The molecule has 0 aromatic heterocycles. The van der Waals surface area contributed by atoms with E-state index in [-0.39, 0.29) is 18.5 Å². The van der Waals surface area contributed by atoms with Crippen LogP contribution in [0.5, 0.6) is 0 Å². The number of carbonyl (C=O) groups excluding carboxylic acids is 4. The average molecular weight is 454 g/mol. The van der Waals surface area contributed by atoms with Crippen LogP contribution in [-0.4, -0.2) is 46.8 Å². The fraction of sp³-hybridized carbons (Fsp3) is 0.273. The van der Waals surface area contributed by atoms with Crippen LogP contribution in [-0.2, 0) is 19.1 Å². The lowest BCUT2D eigenvalue weighted by Gasteiger charge is -2.17. The molecule has 0 unspecified atom stereocenters. The Hall–Kier alpha value is -4.28. The van der Waals surface area contributed by atoms with Gasteiger partial charge in [-0.15, -0.1) is 0 Å². The number of nitro benzene ring substituents is 1. The van der Waals surface area contributed by atoms with Gasteiger partial charge in [0.1, 0.15) is 5.56 Å². The highest BCUT2D eigenvalue weighted by atomic mass is 16.6. The molecule has 0 saturated carbocycles. The molecule has 11 heteroatoms. The van der Waals surface area contributed by atoms with Gasteiger partial charge in [0.15, 0.2) is 6.61 Å². The first-order chi connectivity index (χ1) is 15.7. The van der Waals surface area contributed by atoms with Crippen molar-refractivity contribution in [3.05, 3.63) is 69.3 Å². The summed E-state index contributed by atoms with van der Waals surface area (Å²) >= 11 is 0. The third kappa shape index (κ3) is 5.50. The molecule has 1 aliphatic heterocycles. The third-order valence-corrected chi connectivity index (χ3v) is 5.13. The number of aryl methyl sites for hydroxylation is 2. The minimum Gasteiger partial charge on any atom is -0.455 e. The molecule has 11 nitrogen and oxygen atoms in total. The van der Waals surface area contributed by atoms with Gasteiger partial charge in [0.25, 0.3) is 17.5 Å². The van der Waals surface area contributed by atoms with E-state index in [2.05, 4.69) is 10.7 Å². The molecule has 1 aliphatic rings. The second-order valence-corrected chi connectivity index (χ2v) is 7.54. The number of benzene rings is 2. The fourth-order valence-electron chi connectivity index (χ4n) is 3.42. The quantitative estimate of drug-likeness (QED) is 0.369. The molecule has 0 spiro atoms. The van der Waals surface area contributed by atoms with Crippen molar-refractivity contribution < 1.29 is 28.8 Å². The van der Waals surface area contributed by atoms with Gasteiger partial charge in [-0.2, -0.15) is 0 Å². The standard InChI is InChI=1S/C22H22N4O7/c1-13-6-5-7-14(2)20(13)23-18(27)12-33-22(30)15-10-19(28)25(11-15)24-21(29)16-8-3-4-9-17(16)26(31)32/h3-9,15H,10-12H2,1-2H3,(H,23,27)(H,24,29)/t15-/m1/s1. The topological polar surface area (TPSA) is 148 Å². The van der Waals surface area contributed by atoms with E-state index in [1.54, 1.807) is 0 Å². The number of hydrogen-bond acceptors (Lipinski definition) is 7. The maximum absolute atomic E-state index is 12.4. The monoisotopic (exact) mass is 454 g/mol. The van der Waals surface area contributed by atoms with Crippen molar-refractivity contribution in [1.29, 1.82) is 0 Å².